The van der Waals surface area contributed by atoms with Gasteiger partial charge >= 0.3 is 0 Å². The predicted molar refractivity (Wildman–Crippen MR) is 109 cm³/mol. The number of likely N-dealkylation sites (N-methyl/N-ethyl adjacent to an activating group) is 1. The van der Waals surface area contributed by atoms with Crippen molar-refractivity contribution in [1.82, 2.24) is 19.8 Å². The first-order valence-corrected chi connectivity index (χ1v) is 9.84. The zero-order valence-electron chi connectivity index (χ0n) is 16.0. The molecule has 1 atom stereocenters. The molecular weight excluding hydrogens is 360 g/mol. The number of aromatic nitrogens is 2. The Labute approximate surface area is 162 Å². The first kappa shape index (κ1) is 19.3. The monoisotopic (exact) mass is 384 g/mol. The van der Waals surface area contributed by atoms with Crippen LogP contribution in [0.4, 0.5) is 0 Å². The van der Waals surface area contributed by atoms with E-state index in [4.69, 9.17) is 0 Å². The molecule has 2 heterocycles. The fourth-order valence-corrected chi connectivity index (χ4v) is 3.89. The summed E-state index contributed by atoms with van der Waals surface area (Å²) in [5, 5.41) is 7.16. The molecule has 27 heavy (non-hydrogen) atoms. The lowest BCUT2D eigenvalue weighted by molar-refractivity contribution is 0.0942. The zero-order valence-corrected chi connectivity index (χ0v) is 16.8. The van der Waals surface area contributed by atoms with Gasteiger partial charge in [-0.1, -0.05) is 0 Å². The maximum Gasteiger partial charge on any atom is 0.272 e. The van der Waals surface area contributed by atoms with E-state index in [0.29, 0.717) is 29.9 Å². The fourth-order valence-electron chi connectivity index (χ4n) is 3.18. The molecule has 142 valence electrons. The zero-order chi connectivity index (χ0) is 19.6. The van der Waals surface area contributed by atoms with Crippen molar-refractivity contribution in [2.24, 2.45) is 0 Å². The van der Waals surface area contributed by atoms with Crippen LogP contribution in [0.2, 0.25) is 0 Å². The summed E-state index contributed by atoms with van der Waals surface area (Å²) in [6.45, 7) is 4.70. The molecule has 0 saturated carbocycles. The summed E-state index contributed by atoms with van der Waals surface area (Å²) in [6.07, 6.45) is 0. The van der Waals surface area contributed by atoms with Crippen molar-refractivity contribution in [3.63, 3.8) is 0 Å². The first-order chi connectivity index (χ1) is 12.9. The number of amides is 1. The molecule has 7 heteroatoms. The van der Waals surface area contributed by atoms with Crippen molar-refractivity contribution >= 4 is 28.3 Å². The van der Waals surface area contributed by atoms with Crippen LogP contribution in [-0.2, 0) is 6.54 Å². The number of hydrogen-bond acceptors (Lipinski definition) is 5. The van der Waals surface area contributed by atoms with E-state index in [2.05, 4.69) is 26.6 Å². The summed E-state index contributed by atoms with van der Waals surface area (Å²) < 4.78 is 1.68. The highest BCUT2D eigenvalue weighted by atomic mass is 32.1. The minimum Gasteiger partial charge on any atom is -0.350 e. The molecule has 0 radical (unpaired) electrons. The van der Waals surface area contributed by atoms with Crippen molar-refractivity contribution in [1.29, 1.82) is 0 Å². The average molecular weight is 385 g/mol. The van der Waals surface area contributed by atoms with Crippen LogP contribution < -0.4 is 10.9 Å². The van der Waals surface area contributed by atoms with Crippen molar-refractivity contribution in [3.8, 4) is 0 Å². The number of nitrogens with zero attached hydrogens (tertiary/aromatic N) is 3. The van der Waals surface area contributed by atoms with E-state index in [0.717, 1.165) is 5.52 Å². The molecule has 0 unspecified atom stereocenters. The van der Waals surface area contributed by atoms with Crippen LogP contribution in [0.15, 0.2) is 39.8 Å². The van der Waals surface area contributed by atoms with Crippen molar-refractivity contribution < 1.29 is 4.79 Å². The lowest BCUT2D eigenvalue weighted by atomic mass is 10.1. The van der Waals surface area contributed by atoms with Gasteiger partial charge in [-0.25, -0.2) is 4.98 Å². The van der Waals surface area contributed by atoms with E-state index in [1.54, 1.807) is 41.0 Å². The molecular formula is C20H24N4O2S. The van der Waals surface area contributed by atoms with Crippen LogP contribution in [-0.4, -0.2) is 41.0 Å². The van der Waals surface area contributed by atoms with E-state index < -0.39 is 0 Å². The largest absolute Gasteiger partial charge is 0.350 e. The minimum atomic E-state index is -0.146. The second-order valence-corrected chi connectivity index (χ2v) is 7.48. The normalized spacial score (nSPS) is 12.5. The Bertz CT molecular complexity index is 1010. The van der Waals surface area contributed by atoms with Crippen molar-refractivity contribution in [3.05, 3.63) is 62.2 Å². The van der Waals surface area contributed by atoms with Crippen LogP contribution in [0.1, 0.15) is 34.6 Å². The third kappa shape index (κ3) is 3.94. The van der Waals surface area contributed by atoms with Gasteiger partial charge in [-0.05, 0) is 68.5 Å². The lowest BCUT2D eigenvalue weighted by Crippen LogP contribution is -2.34. The molecule has 3 aromatic rings. The highest BCUT2D eigenvalue weighted by Crippen LogP contribution is 2.20. The van der Waals surface area contributed by atoms with Gasteiger partial charge in [-0.3, -0.25) is 9.59 Å². The van der Waals surface area contributed by atoms with Crippen molar-refractivity contribution in [2.75, 3.05) is 20.6 Å². The summed E-state index contributed by atoms with van der Waals surface area (Å²) in [5.41, 5.74) is 3.48. The summed E-state index contributed by atoms with van der Waals surface area (Å²) >= 11 is 1.65. The molecule has 6 nitrogen and oxygen atoms in total. The average Bonchev–Trinajstić information content (AvgIpc) is 3.16. The molecule has 0 spiro atoms. The predicted octanol–water partition coefficient (Wildman–Crippen LogP) is 2.82. The van der Waals surface area contributed by atoms with E-state index in [1.165, 1.54) is 5.56 Å². The van der Waals surface area contributed by atoms with Crippen LogP contribution in [0.5, 0.6) is 0 Å². The molecule has 1 amide bonds. The van der Waals surface area contributed by atoms with Gasteiger partial charge in [0, 0.05) is 18.7 Å². The molecule has 0 aliphatic heterocycles. The van der Waals surface area contributed by atoms with E-state index in [-0.39, 0.29) is 17.5 Å². The molecule has 2 aromatic heterocycles. The summed E-state index contributed by atoms with van der Waals surface area (Å²) in [7, 11) is 4.00. The smallest absolute Gasteiger partial charge is 0.272 e. The summed E-state index contributed by atoms with van der Waals surface area (Å²) in [4.78, 5) is 31.3. The standard InChI is InChI=1S/C20H24N4O2S/c1-5-24-17-7-6-14(10-16(17)22-13(2)20(24)26)19(25)21-11-18(23(3)4)15-8-9-27-12-15/h6-10,12,18H,5,11H2,1-4H3,(H,21,25)/t18-/m1/s1. The third-order valence-corrected chi connectivity index (χ3v) is 5.40. The number of aryl methyl sites for hydroxylation is 2. The molecule has 0 aliphatic carbocycles. The van der Waals surface area contributed by atoms with E-state index in [9.17, 15) is 9.59 Å². The number of rotatable bonds is 6. The van der Waals surface area contributed by atoms with Gasteiger partial charge in [-0.15, -0.1) is 0 Å². The van der Waals surface area contributed by atoms with Gasteiger partial charge in [0.05, 0.1) is 17.1 Å². The SMILES string of the molecule is CCn1c(=O)c(C)nc2cc(C(=O)NC[C@H](c3ccsc3)N(C)C)ccc21. The number of carbonyl (C=O) groups excluding carboxylic acids is 1. The molecule has 1 N–H and O–H groups in total. The van der Waals surface area contributed by atoms with Crippen LogP contribution in [0.25, 0.3) is 11.0 Å². The summed E-state index contributed by atoms with van der Waals surface area (Å²) in [5.74, 6) is -0.146. The third-order valence-electron chi connectivity index (χ3n) is 4.69. The van der Waals surface area contributed by atoms with Gasteiger partial charge in [0.25, 0.3) is 11.5 Å². The number of thiophene rings is 1. The second kappa shape index (κ2) is 8.02. The van der Waals surface area contributed by atoms with Gasteiger partial charge in [-0.2, -0.15) is 11.3 Å². The first-order valence-electron chi connectivity index (χ1n) is 8.90. The van der Waals surface area contributed by atoms with Gasteiger partial charge in [0.1, 0.15) is 5.69 Å². The summed E-state index contributed by atoms with van der Waals surface area (Å²) in [6, 6.07) is 7.48. The van der Waals surface area contributed by atoms with Gasteiger partial charge in [0.15, 0.2) is 0 Å². The Hall–Kier alpha value is -2.51. The maximum absolute atomic E-state index is 12.7. The molecule has 0 fully saturated rings. The fraction of sp³-hybridized carbons (Fsp3) is 0.350. The highest BCUT2D eigenvalue weighted by Gasteiger charge is 2.17. The maximum atomic E-state index is 12.7. The Balaban J connectivity index is 1.83. The van der Waals surface area contributed by atoms with Crippen LogP contribution >= 0.6 is 11.3 Å². The Kier molecular flexibility index (Phi) is 5.72. The van der Waals surface area contributed by atoms with Gasteiger partial charge in [0.2, 0.25) is 0 Å². The van der Waals surface area contributed by atoms with Gasteiger partial charge < -0.3 is 14.8 Å². The van der Waals surface area contributed by atoms with Crippen LogP contribution in [0.3, 0.4) is 0 Å². The number of nitrogens with one attached hydrogen (secondary N) is 1. The Morgan fingerprint density at radius 1 is 1.33 bits per heavy atom. The number of hydrogen-bond donors (Lipinski definition) is 1. The Morgan fingerprint density at radius 2 is 2.11 bits per heavy atom. The van der Waals surface area contributed by atoms with E-state index in [1.807, 2.05) is 26.4 Å². The number of carbonyl (C=O) groups is 1. The molecule has 1 aromatic carbocycles. The number of fused-ring (bicyclic) bond motifs is 1. The molecule has 0 aliphatic rings. The Morgan fingerprint density at radius 3 is 2.74 bits per heavy atom. The lowest BCUT2D eigenvalue weighted by Gasteiger charge is -2.24. The van der Waals surface area contributed by atoms with E-state index >= 15 is 0 Å². The molecule has 0 saturated heterocycles. The quantitative estimate of drug-likeness (QED) is 0.710. The van der Waals surface area contributed by atoms with Crippen molar-refractivity contribution in [2.45, 2.75) is 26.4 Å². The second-order valence-electron chi connectivity index (χ2n) is 6.70. The number of benzene rings is 1. The minimum absolute atomic E-state index is 0.0909. The topological polar surface area (TPSA) is 67.2 Å². The molecule has 3 rings (SSSR count). The van der Waals surface area contributed by atoms with Crippen LogP contribution in [0, 0.1) is 6.92 Å². The highest BCUT2D eigenvalue weighted by molar-refractivity contribution is 7.07. The molecule has 0 bridgehead atoms.